The molecule has 4 aromatic rings. The molecule has 0 aliphatic carbocycles. The van der Waals surface area contributed by atoms with Crippen LogP contribution < -0.4 is 5.69 Å². The summed E-state index contributed by atoms with van der Waals surface area (Å²) in [5.41, 5.74) is 3.41. The highest BCUT2D eigenvalue weighted by atomic mass is 79.9. The van der Waals surface area contributed by atoms with E-state index in [1.54, 1.807) is 9.13 Å². The topological polar surface area (TPSA) is 80.0 Å². The molecule has 0 bridgehead atoms. The number of rotatable bonds is 7. The summed E-state index contributed by atoms with van der Waals surface area (Å²) in [5, 5.41) is 10.4. The van der Waals surface area contributed by atoms with Crippen molar-refractivity contribution in [2.75, 3.05) is 0 Å². The van der Waals surface area contributed by atoms with Crippen LogP contribution >= 0.6 is 15.9 Å². The SMILES string of the molecule is CCCC(CC(=O)O)n1c(=O)n(Cc2c[nH]c3cccc(Br)c23)c2ccccc21. The molecule has 2 N–H and O–H groups in total. The van der Waals surface area contributed by atoms with Crippen LogP contribution in [0, 0.1) is 0 Å². The van der Waals surface area contributed by atoms with Gasteiger partial charge in [0.15, 0.2) is 0 Å². The van der Waals surface area contributed by atoms with Crippen LogP contribution in [0.1, 0.15) is 37.8 Å². The molecule has 29 heavy (non-hydrogen) atoms. The Balaban J connectivity index is 1.88. The van der Waals surface area contributed by atoms with Gasteiger partial charge in [0, 0.05) is 27.6 Å². The van der Waals surface area contributed by atoms with Crippen molar-refractivity contribution in [3.63, 3.8) is 0 Å². The van der Waals surface area contributed by atoms with Gasteiger partial charge in [-0.3, -0.25) is 13.9 Å². The summed E-state index contributed by atoms with van der Waals surface area (Å²) in [7, 11) is 0. The standard InChI is InChI=1S/C22H22BrN3O3/c1-2-6-15(11-20(27)28)26-19-10-4-3-9-18(19)25(22(26)29)13-14-12-24-17-8-5-7-16(23)21(14)17/h3-5,7-10,12,15,24H,2,6,11,13H2,1H3,(H,27,28). The first-order valence-electron chi connectivity index (χ1n) is 9.67. The number of hydrogen-bond donors (Lipinski definition) is 2. The summed E-state index contributed by atoms with van der Waals surface area (Å²) in [6, 6.07) is 13.2. The highest BCUT2D eigenvalue weighted by Crippen LogP contribution is 2.29. The van der Waals surface area contributed by atoms with Gasteiger partial charge in [-0.1, -0.05) is 47.5 Å². The number of fused-ring (bicyclic) bond motifs is 2. The van der Waals surface area contributed by atoms with Gasteiger partial charge in [0.1, 0.15) is 0 Å². The lowest BCUT2D eigenvalue weighted by atomic mass is 10.1. The predicted molar refractivity (Wildman–Crippen MR) is 117 cm³/mol. The Morgan fingerprint density at radius 2 is 1.93 bits per heavy atom. The van der Waals surface area contributed by atoms with E-state index in [0.717, 1.165) is 38.4 Å². The van der Waals surface area contributed by atoms with Gasteiger partial charge in [-0.15, -0.1) is 0 Å². The number of nitrogens with zero attached hydrogens (tertiary/aromatic N) is 2. The zero-order valence-corrected chi connectivity index (χ0v) is 17.6. The van der Waals surface area contributed by atoms with Gasteiger partial charge >= 0.3 is 11.7 Å². The molecule has 2 aromatic carbocycles. The van der Waals surface area contributed by atoms with Crippen LogP contribution in [-0.2, 0) is 11.3 Å². The molecule has 2 aromatic heterocycles. The van der Waals surface area contributed by atoms with Gasteiger partial charge in [-0.2, -0.15) is 0 Å². The predicted octanol–water partition coefficient (Wildman–Crippen LogP) is 4.91. The third-order valence-corrected chi connectivity index (χ3v) is 5.99. The molecule has 0 radical (unpaired) electrons. The molecule has 1 unspecified atom stereocenters. The number of aliphatic carboxylic acids is 1. The van der Waals surface area contributed by atoms with Crippen molar-refractivity contribution in [3.8, 4) is 0 Å². The summed E-state index contributed by atoms with van der Waals surface area (Å²) < 4.78 is 4.37. The van der Waals surface area contributed by atoms with E-state index < -0.39 is 5.97 Å². The molecule has 0 aliphatic heterocycles. The average molecular weight is 456 g/mol. The minimum atomic E-state index is -0.896. The molecule has 0 saturated heterocycles. The third-order valence-electron chi connectivity index (χ3n) is 5.33. The van der Waals surface area contributed by atoms with Gasteiger partial charge < -0.3 is 10.1 Å². The van der Waals surface area contributed by atoms with E-state index in [1.807, 2.05) is 55.6 Å². The zero-order chi connectivity index (χ0) is 20.5. The van der Waals surface area contributed by atoms with Crippen LogP contribution in [0.15, 0.2) is 57.9 Å². The van der Waals surface area contributed by atoms with E-state index in [4.69, 9.17) is 0 Å². The Labute approximate surface area is 175 Å². The number of benzene rings is 2. The largest absolute Gasteiger partial charge is 0.481 e. The van der Waals surface area contributed by atoms with Crippen LogP contribution in [0.5, 0.6) is 0 Å². The zero-order valence-electron chi connectivity index (χ0n) is 16.1. The van der Waals surface area contributed by atoms with Gasteiger partial charge in [-0.25, -0.2) is 4.79 Å². The molecule has 7 heteroatoms. The number of hydrogen-bond acceptors (Lipinski definition) is 2. The van der Waals surface area contributed by atoms with Crippen LogP contribution in [-0.4, -0.2) is 25.2 Å². The first-order valence-corrected chi connectivity index (χ1v) is 10.5. The maximum absolute atomic E-state index is 13.4. The monoisotopic (exact) mass is 455 g/mol. The van der Waals surface area contributed by atoms with E-state index >= 15 is 0 Å². The summed E-state index contributed by atoms with van der Waals surface area (Å²) in [6.07, 6.45) is 3.30. The van der Waals surface area contributed by atoms with Crippen molar-refractivity contribution in [2.45, 2.75) is 38.8 Å². The number of halogens is 1. The second-order valence-corrected chi connectivity index (χ2v) is 8.10. The minimum Gasteiger partial charge on any atom is -0.481 e. The number of aromatic amines is 1. The fourth-order valence-electron chi connectivity index (χ4n) is 4.10. The fourth-order valence-corrected chi connectivity index (χ4v) is 4.72. The molecule has 0 amide bonds. The molecule has 1 atom stereocenters. The molecule has 2 heterocycles. The molecule has 6 nitrogen and oxygen atoms in total. The number of carboxylic acid groups (broad SMARTS) is 1. The van der Waals surface area contributed by atoms with Crippen molar-refractivity contribution in [3.05, 3.63) is 69.2 Å². The Hall–Kier alpha value is -2.80. The maximum Gasteiger partial charge on any atom is 0.329 e. The first-order chi connectivity index (χ1) is 14.0. The molecule has 4 rings (SSSR count). The maximum atomic E-state index is 13.4. The first kappa shape index (κ1) is 19.5. The lowest BCUT2D eigenvalue weighted by Crippen LogP contribution is -2.29. The number of imidazole rings is 1. The highest BCUT2D eigenvalue weighted by molar-refractivity contribution is 9.10. The van der Waals surface area contributed by atoms with Crippen LogP contribution in [0.2, 0.25) is 0 Å². The Morgan fingerprint density at radius 1 is 1.17 bits per heavy atom. The molecule has 0 fully saturated rings. The number of aromatic nitrogens is 3. The van der Waals surface area contributed by atoms with Gasteiger partial charge in [0.25, 0.3) is 0 Å². The minimum absolute atomic E-state index is 0.0691. The molecule has 0 spiro atoms. The van der Waals surface area contributed by atoms with Crippen LogP contribution in [0.25, 0.3) is 21.9 Å². The quantitative estimate of drug-likeness (QED) is 0.415. The van der Waals surface area contributed by atoms with Crippen molar-refractivity contribution < 1.29 is 9.90 Å². The van der Waals surface area contributed by atoms with E-state index in [-0.39, 0.29) is 18.2 Å². The van der Waals surface area contributed by atoms with Gasteiger partial charge in [-0.05, 0) is 36.2 Å². The molecule has 150 valence electrons. The van der Waals surface area contributed by atoms with Gasteiger partial charge in [0.2, 0.25) is 0 Å². The number of carbonyl (C=O) groups is 1. The fraction of sp³-hybridized carbons (Fsp3) is 0.273. The molecular weight excluding hydrogens is 434 g/mol. The summed E-state index contributed by atoms with van der Waals surface area (Å²) in [5.74, 6) is -0.896. The van der Waals surface area contributed by atoms with E-state index in [0.29, 0.717) is 13.0 Å². The lowest BCUT2D eigenvalue weighted by molar-refractivity contribution is -0.137. The summed E-state index contributed by atoms with van der Waals surface area (Å²) >= 11 is 3.61. The lowest BCUT2D eigenvalue weighted by Gasteiger charge is -2.16. The van der Waals surface area contributed by atoms with E-state index in [1.165, 1.54) is 0 Å². The van der Waals surface area contributed by atoms with Crippen molar-refractivity contribution in [1.82, 2.24) is 14.1 Å². The average Bonchev–Trinajstić information content (AvgIpc) is 3.22. The molecule has 0 aliphatic rings. The Morgan fingerprint density at radius 3 is 2.66 bits per heavy atom. The summed E-state index contributed by atoms with van der Waals surface area (Å²) in [6.45, 7) is 2.41. The smallest absolute Gasteiger partial charge is 0.329 e. The van der Waals surface area contributed by atoms with E-state index in [2.05, 4.69) is 20.9 Å². The second-order valence-electron chi connectivity index (χ2n) is 7.24. The summed E-state index contributed by atoms with van der Waals surface area (Å²) in [4.78, 5) is 28.1. The van der Waals surface area contributed by atoms with E-state index in [9.17, 15) is 14.7 Å². The highest BCUT2D eigenvalue weighted by Gasteiger charge is 2.22. The van der Waals surface area contributed by atoms with Crippen molar-refractivity contribution in [2.24, 2.45) is 0 Å². The van der Waals surface area contributed by atoms with Gasteiger partial charge in [0.05, 0.1) is 24.0 Å². The third kappa shape index (κ3) is 3.51. The molecule has 0 saturated carbocycles. The molecular formula is C22H22BrN3O3. The number of para-hydroxylation sites is 2. The van der Waals surface area contributed by atoms with Crippen molar-refractivity contribution >= 4 is 43.8 Å². The Kier molecular flexibility index (Phi) is 5.32. The number of nitrogens with one attached hydrogen (secondary N) is 1. The number of carboxylic acids is 1. The normalized spacial score (nSPS) is 12.6. The van der Waals surface area contributed by atoms with Crippen LogP contribution in [0.4, 0.5) is 0 Å². The van der Waals surface area contributed by atoms with Crippen LogP contribution in [0.3, 0.4) is 0 Å². The second kappa shape index (κ2) is 7.91. The number of H-pyrrole nitrogens is 1. The Bertz CT molecular complexity index is 1250. The van der Waals surface area contributed by atoms with Crippen molar-refractivity contribution in [1.29, 1.82) is 0 Å².